The van der Waals surface area contributed by atoms with Crippen LogP contribution in [0, 0.1) is 6.92 Å². The molecular formula is C12H17BrN2O3S. The van der Waals surface area contributed by atoms with Gasteiger partial charge in [-0.1, -0.05) is 0 Å². The third kappa shape index (κ3) is 3.55. The minimum absolute atomic E-state index is 0.0754. The van der Waals surface area contributed by atoms with Crippen molar-refractivity contribution in [1.29, 1.82) is 0 Å². The molecule has 2 N–H and O–H groups in total. The molecule has 0 radical (unpaired) electrons. The Balaban J connectivity index is 3.41. The van der Waals surface area contributed by atoms with E-state index in [4.69, 9.17) is 5.14 Å². The smallest absolute Gasteiger partial charge is 0.254 e. The Morgan fingerprint density at radius 3 is 2.26 bits per heavy atom. The molecule has 0 unspecified atom stereocenters. The summed E-state index contributed by atoms with van der Waals surface area (Å²) in [7, 11) is -3.86. The predicted molar refractivity (Wildman–Crippen MR) is 77.5 cm³/mol. The SMILES string of the molecule is CCN(CC)C(=O)c1cc(S(N)(=O)=O)c(Br)cc1C. The van der Waals surface area contributed by atoms with Crippen LogP contribution in [-0.4, -0.2) is 32.3 Å². The number of hydrogen-bond acceptors (Lipinski definition) is 3. The van der Waals surface area contributed by atoms with Gasteiger partial charge in [0.25, 0.3) is 5.91 Å². The largest absolute Gasteiger partial charge is 0.339 e. The highest BCUT2D eigenvalue weighted by molar-refractivity contribution is 9.10. The van der Waals surface area contributed by atoms with E-state index in [0.29, 0.717) is 28.7 Å². The molecule has 19 heavy (non-hydrogen) atoms. The van der Waals surface area contributed by atoms with E-state index in [1.165, 1.54) is 6.07 Å². The maximum atomic E-state index is 12.3. The zero-order valence-corrected chi connectivity index (χ0v) is 13.5. The Labute approximate surface area is 122 Å². The first kappa shape index (κ1) is 16.1. The third-order valence-corrected chi connectivity index (χ3v) is 4.74. The summed E-state index contributed by atoms with van der Waals surface area (Å²) in [6.45, 7) is 6.63. The first-order chi connectivity index (χ1) is 8.72. The number of halogens is 1. The molecule has 7 heteroatoms. The summed E-state index contributed by atoms with van der Waals surface area (Å²) in [6.07, 6.45) is 0. The van der Waals surface area contributed by atoms with Gasteiger partial charge in [-0.2, -0.15) is 0 Å². The molecule has 1 aromatic carbocycles. The van der Waals surface area contributed by atoms with E-state index in [1.54, 1.807) is 17.9 Å². The summed E-state index contributed by atoms with van der Waals surface area (Å²) in [4.78, 5) is 13.8. The number of sulfonamides is 1. The van der Waals surface area contributed by atoms with Gasteiger partial charge in [0.05, 0.1) is 4.90 Å². The normalized spacial score (nSPS) is 11.4. The zero-order valence-electron chi connectivity index (χ0n) is 11.1. The number of amides is 1. The number of hydrogen-bond donors (Lipinski definition) is 1. The fraction of sp³-hybridized carbons (Fsp3) is 0.417. The van der Waals surface area contributed by atoms with E-state index in [1.807, 2.05) is 13.8 Å². The van der Waals surface area contributed by atoms with E-state index >= 15 is 0 Å². The Morgan fingerprint density at radius 2 is 1.84 bits per heavy atom. The molecule has 0 aliphatic rings. The van der Waals surface area contributed by atoms with Crippen LogP contribution >= 0.6 is 15.9 Å². The van der Waals surface area contributed by atoms with Crippen LogP contribution in [0.15, 0.2) is 21.5 Å². The molecule has 0 atom stereocenters. The average Bonchev–Trinajstić information content (AvgIpc) is 2.28. The van der Waals surface area contributed by atoms with Crippen molar-refractivity contribution in [3.63, 3.8) is 0 Å². The van der Waals surface area contributed by atoms with Crippen LogP contribution in [0.4, 0.5) is 0 Å². The van der Waals surface area contributed by atoms with Crippen molar-refractivity contribution in [2.24, 2.45) is 5.14 Å². The molecule has 106 valence electrons. The lowest BCUT2D eigenvalue weighted by Gasteiger charge is -2.20. The van der Waals surface area contributed by atoms with Crippen LogP contribution in [0.25, 0.3) is 0 Å². The molecule has 0 saturated heterocycles. The monoisotopic (exact) mass is 348 g/mol. The highest BCUT2D eigenvalue weighted by Crippen LogP contribution is 2.25. The molecule has 1 amide bonds. The summed E-state index contributed by atoms with van der Waals surface area (Å²) in [5, 5.41) is 5.14. The van der Waals surface area contributed by atoms with Gasteiger partial charge in [-0.05, 0) is 54.4 Å². The van der Waals surface area contributed by atoms with Crippen LogP contribution < -0.4 is 5.14 Å². The van der Waals surface area contributed by atoms with Crippen LogP contribution in [0.2, 0.25) is 0 Å². The molecule has 0 bridgehead atoms. The lowest BCUT2D eigenvalue weighted by molar-refractivity contribution is 0.0772. The predicted octanol–water partition coefficient (Wildman–Crippen LogP) is 1.89. The van der Waals surface area contributed by atoms with Crippen molar-refractivity contribution in [3.8, 4) is 0 Å². The summed E-state index contributed by atoms with van der Waals surface area (Å²) in [5.41, 5.74) is 1.06. The first-order valence-electron chi connectivity index (χ1n) is 5.84. The standard InChI is InChI=1S/C12H17BrN2O3S/c1-4-15(5-2)12(16)9-7-11(19(14,17)18)10(13)6-8(9)3/h6-7H,4-5H2,1-3H3,(H2,14,17,18). The van der Waals surface area contributed by atoms with Gasteiger partial charge in [0.1, 0.15) is 0 Å². The second-order valence-corrected chi connectivity index (χ2v) is 6.50. The number of nitrogens with two attached hydrogens (primary N) is 1. The van der Waals surface area contributed by atoms with Gasteiger partial charge in [0, 0.05) is 23.1 Å². The number of primary sulfonamides is 1. The molecule has 0 heterocycles. The second-order valence-electron chi connectivity index (χ2n) is 4.12. The summed E-state index contributed by atoms with van der Waals surface area (Å²) in [5.74, 6) is -0.195. The Hall–Kier alpha value is -0.920. The Morgan fingerprint density at radius 1 is 1.32 bits per heavy atom. The van der Waals surface area contributed by atoms with E-state index in [9.17, 15) is 13.2 Å². The van der Waals surface area contributed by atoms with Gasteiger partial charge in [-0.3, -0.25) is 4.79 Å². The molecule has 0 fully saturated rings. The highest BCUT2D eigenvalue weighted by Gasteiger charge is 2.20. The fourth-order valence-corrected chi connectivity index (χ4v) is 3.53. The average molecular weight is 349 g/mol. The molecule has 0 aromatic heterocycles. The van der Waals surface area contributed by atoms with Crippen LogP contribution in [0.1, 0.15) is 29.8 Å². The van der Waals surface area contributed by atoms with Gasteiger partial charge in [-0.25, -0.2) is 13.6 Å². The molecule has 0 spiro atoms. The number of rotatable bonds is 4. The maximum absolute atomic E-state index is 12.3. The fourth-order valence-electron chi connectivity index (χ4n) is 1.78. The van der Waals surface area contributed by atoms with Crippen molar-refractivity contribution < 1.29 is 13.2 Å². The van der Waals surface area contributed by atoms with Crippen molar-refractivity contribution in [2.45, 2.75) is 25.7 Å². The second kappa shape index (κ2) is 6.02. The Kier molecular flexibility index (Phi) is 5.11. The van der Waals surface area contributed by atoms with Crippen molar-refractivity contribution >= 4 is 31.9 Å². The number of carbonyl (C=O) groups is 1. The van der Waals surface area contributed by atoms with E-state index in [-0.39, 0.29) is 10.8 Å². The quantitative estimate of drug-likeness (QED) is 0.901. The van der Waals surface area contributed by atoms with Crippen LogP contribution in [-0.2, 0) is 10.0 Å². The van der Waals surface area contributed by atoms with Gasteiger partial charge in [0.15, 0.2) is 0 Å². The maximum Gasteiger partial charge on any atom is 0.254 e. The van der Waals surface area contributed by atoms with Crippen molar-refractivity contribution in [2.75, 3.05) is 13.1 Å². The molecule has 0 saturated carbocycles. The highest BCUT2D eigenvalue weighted by atomic mass is 79.9. The van der Waals surface area contributed by atoms with E-state index in [2.05, 4.69) is 15.9 Å². The van der Waals surface area contributed by atoms with Crippen LogP contribution in [0.5, 0.6) is 0 Å². The minimum Gasteiger partial charge on any atom is -0.339 e. The minimum atomic E-state index is -3.86. The van der Waals surface area contributed by atoms with E-state index in [0.717, 1.165) is 0 Å². The Bertz CT molecular complexity index is 595. The third-order valence-electron chi connectivity index (χ3n) is 2.87. The molecule has 0 aliphatic heterocycles. The van der Waals surface area contributed by atoms with Crippen molar-refractivity contribution in [3.05, 3.63) is 27.7 Å². The molecular weight excluding hydrogens is 332 g/mol. The number of aryl methyl sites for hydroxylation is 1. The summed E-state index contributed by atoms with van der Waals surface area (Å²) >= 11 is 3.15. The van der Waals surface area contributed by atoms with E-state index < -0.39 is 10.0 Å². The number of carbonyl (C=O) groups excluding carboxylic acids is 1. The molecule has 5 nitrogen and oxygen atoms in total. The van der Waals surface area contributed by atoms with Gasteiger partial charge >= 0.3 is 0 Å². The molecule has 1 rings (SSSR count). The van der Waals surface area contributed by atoms with Gasteiger partial charge in [0.2, 0.25) is 10.0 Å². The lowest BCUT2D eigenvalue weighted by atomic mass is 10.1. The first-order valence-corrected chi connectivity index (χ1v) is 8.18. The topological polar surface area (TPSA) is 80.5 Å². The lowest BCUT2D eigenvalue weighted by Crippen LogP contribution is -2.31. The summed E-state index contributed by atoms with van der Waals surface area (Å²) in [6, 6.07) is 2.92. The molecule has 1 aromatic rings. The number of nitrogens with zero attached hydrogens (tertiary/aromatic N) is 1. The van der Waals surface area contributed by atoms with Crippen LogP contribution in [0.3, 0.4) is 0 Å². The molecule has 0 aliphatic carbocycles. The number of benzene rings is 1. The van der Waals surface area contributed by atoms with Crippen molar-refractivity contribution in [1.82, 2.24) is 4.90 Å². The van der Waals surface area contributed by atoms with Gasteiger partial charge in [-0.15, -0.1) is 0 Å². The zero-order chi connectivity index (χ0) is 14.8. The van der Waals surface area contributed by atoms with Gasteiger partial charge < -0.3 is 4.90 Å². The summed E-state index contributed by atoms with van der Waals surface area (Å²) < 4.78 is 23.3.